The first-order valence-corrected chi connectivity index (χ1v) is 22.1. The highest BCUT2D eigenvalue weighted by Gasteiger charge is 2.19. The Labute approximate surface area is 353 Å². The van der Waals surface area contributed by atoms with Crippen molar-refractivity contribution in [2.75, 3.05) is 9.80 Å². The Morgan fingerprint density at radius 1 is 0.276 bits per heavy atom. The Hall–Kier alpha value is -6.42. The van der Waals surface area contributed by atoms with E-state index in [1.54, 1.807) is 22.7 Å². The highest BCUT2D eigenvalue weighted by molar-refractivity contribution is 7.26. The van der Waals surface area contributed by atoms with E-state index in [0.29, 0.717) is 0 Å². The predicted molar refractivity (Wildman–Crippen MR) is 250 cm³/mol. The van der Waals surface area contributed by atoms with Crippen molar-refractivity contribution in [1.29, 1.82) is 0 Å². The van der Waals surface area contributed by atoms with Crippen LogP contribution in [0.25, 0.3) is 51.5 Å². The molecule has 278 valence electrons. The largest absolute Gasteiger partial charge is 0.300 e. The van der Waals surface area contributed by atoms with Gasteiger partial charge in [0.2, 0.25) is 0 Å². The number of hydrogen-bond acceptors (Lipinski definition) is 8. The zero-order valence-corrected chi connectivity index (χ0v) is 34.3. The lowest BCUT2D eigenvalue weighted by atomic mass is 10.0. The number of nitrogens with zero attached hydrogens (tertiary/aromatic N) is 4. The van der Waals surface area contributed by atoms with Crippen LogP contribution in [0.15, 0.2) is 207 Å². The van der Waals surface area contributed by atoms with Crippen molar-refractivity contribution in [3.63, 3.8) is 0 Å². The maximum absolute atomic E-state index is 4.48. The molecule has 0 saturated heterocycles. The van der Waals surface area contributed by atoms with Crippen molar-refractivity contribution in [3.8, 4) is 51.5 Å². The Morgan fingerprint density at radius 3 is 1.05 bits per heavy atom. The molecule has 0 spiro atoms. The summed E-state index contributed by atoms with van der Waals surface area (Å²) in [6.45, 7) is 0. The topological polar surface area (TPSA) is 32.3 Å². The van der Waals surface area contributed by atoms with E-state index in [1.807, 2.05) is 59.6 Å². The summed E-state index contributed by atoms with van der Waals surface area (Å²) in [7, 11) is 0. The quantitative estimate of drug-likeness (QED) is 0.130. The highest BCUT2D eigenvalue weighted by atomic mass is 32.1. The van der Waals surface area contributed by atoms with Crippen LogP contribution in [-0.2, 0) is 0 Å². The average molecular weight is 819 g/mol. The van der Waals surface area contributed by atoms with E-state index in [1.165, 1.54) is 40.4 Å². The fourth-order valence-electron chi connectivity index (χ4n) is 7.00. The average Bonchev–Trinajstić information content (AvgIpc) is 4.14. The molecule has 0 aliphatic rings. The van der Waals surface area contributed by atoms with Crippen LogP contribution in [0.1, 0.15) is 0 Å². The van der Waals surface area contributed by atoms with Crippen molar-refractivity contribution in [1.82, 2.24) is 9.97 Å². The van der Waals surface area contributed by atoms with Crippen molar-refractivity contribution >= 4 is 78.1 Å². The summed E-state index contributed by atoms with van der Waals surface area (Å²) in [5.41, 5.74) is 9.00. The van der Waals surface area contributed by atoms with E-state index in [2.05, 4.69) is 190 Å². The van der Waals surface area contributed by atoms with Crippen molar-refractivity contribution in [2.24, 2.45) is 0 Å². The predicted octanol–water partition coefficient (Wildman–Crippen LogP) is 16.0. The Bertz CT molecular complexity index is 2680. The smallest absolute Gasteiger partial charge is 0.101 e. The first kappa shape index (κ1) is 36.0. The van der Waals surface area contributed by atoms with Crippen LogP contribution in [0.4, 0.5) is 32.8 Å². The highest BCUT2D eigenvalue weighted by Crippen LogP contribution is 2.46. The summed E-state index contributed by atoms with van der Waals surface area (Å²) in [4.78, 5) is 21.1. The normalized spacial score (nSPS) is 11.1. The zero-order chi connectivity index (χ0) is 38.7. The summed E-state index contributed by atoms with van der Waals surface area (Å²) in [6.07, 6.45) is 7.50. The molecule has 0 aliphatic heterocycles. The number of rotatable bonds is 11. The fraction of sp³-hybridized carbons (Fsp3) is 0. The molecule has 58 heavy (non-hydrogen) atoms. The van der Waals surface area contributed by atoms with Gasteiger partial charge in [-0.3, -0.25) is 9.97 Å². The lowest BCUT2D eigenvalue weighted by Crippen LogP contribution is -2.08. The summed E-state index contributed by atoms with van der Waals surface area (Å²) < 4.78 is 0. The van der Waals surface area contributed by atoms with Crippen LogP contribution in [0.3, 0.4) is 0 Å². The summed E-state index contributed by atoms with van der Waals surface area (Å²) in [5.74, 6) is 0. The van der Waals surface area contributed by atoms with E-state index < -0.39 is 0 Å². The van der Waals surface area contributed by atoms with Gasteiger partial charge in [-0.25, -0.2) is 0 Å². The second-order valence-electron chi connectivity index (χ2n) is 13.5. The van der Waals surface area contributed by atoms with Crippen molar-refractivity contribution < 1.29 is 0 Å². The standard InChI is InChI=1S/C50H34N4S4/c1-3-9-37(10-4-1)43-23-25-45(55-43)47-27-29-49(57-47)53(41-13-7-31-51-33-41)39-19-15-35(16-20-39)36-17-21-40(22-18-36)54(42-14-8-32-52-34-42)50-30-28-48(58-50)46-26-24-44(56-46)38-11-5-2-6-12-38/h1-34H. The molecular formula is C50H34N4S4. The lowest BCUT2D eigenvalue weighted by Gasteiger charge is -2.24. The molecule has 0 N–H and O–H groups in total. The molecule has 0 fully saturated rings. The fourth-order valence-corrected chi connectivity index (χ4v) is 11.3. The van der Waals surface area contributed by atoms with Gasteiger partial charge < -0.3 is 9.80 Å². The van der Waals surface area contributed by atoms with Crippen molar-refractivity contribution in [3.05, 3.63) is 207 Å². The molecule has 0 amide bonds. The Kier molecular flexibility index (Phi) is 10.0. The van der Waals surface area contributed by atoms with Crippen molar-refractivity contribution in [2.45, 2.75) is 0 Å². The third-order valence-corrected chi connectivity index (χ3v) is 14.6. The van der Waals surface area contributed by atoms with E-state index in [9.17, 15) is 0 Å². The third-order valence-electron chi connectivity index (χ3n) is 9.83. The van der Waals surface area contributed by atoms with Crippen LogP contribution in [0, 0.1) is 0 Å². The molecule has 0 aliphatic carbocycles. The molecule has 0 saturated carbocycles. The maximum atomic E-state index is 4.48. The number of anilines is 6. The number of hydrogen-bond donors (Lipinski definition) is 0. The van der Waals surface area contributed by atoms with Gasteiger partial charge >= 0.3 is 0 Å². The number of aromatic nitrogens is 2. The zero-order valence-electron chi connectivity index (χ0n) is 31.1. The summed E-state index contributed by atoms with van der Waals surface area (Å²) in [6, 6.07) is 64.9. The van der Waals surface area contributed by atoms with Crippen LogP contribution in [0.5, 0.6) is 0 Å². The Morgan fingerprint density at radius 2 is 0.655 bits per heavy atom. The SMILES string of the molecule is c1ccc(-c2ccc(-c3ccc(N(c4ccc(-c5ccc(N(c6cccnc6)c6ccc(-c7ccc(-c8ccccc8)s7)s6)cc5)cc4)c4cccnc4)s3)s2)cc1. The van der Waals surface area contributed by atoms with Gasteiger partial charge in [0.15, 0.2) is 0 Å². The minimum Gasteiger partial charge on any atom is -0.300 e. The molecule has 8 heteroatoms. The molecule has 0 unspecified atom stereocenters. The molecule has 10 rings (SSSR count). The third kappa shape index (κ3) is 7.42. The van der Waals surface area contributed by atoms with Crippen LogP contribution >= 0.6 is 45.3 Å². The molecule has 4 nitrogen and oxygen atoms in total. The van der Waals surface area contributed by atoms with E-state index >= 15 is 0 Å². The van der Waals surface area contributed by atoms with Gasteiger partial charge in [-0.2, -0.15) is 0 Å². The van der Waals surface area contributed by atoms with Crippen LogP contribution < -0.4 is 9.80 Å². The number of pyridine rings is 2. The van der Waals surface area contributed by atoms with Crippen LogP contribution in [-0.4, -0.2) is 9.97 Å². The van der Waals surface area contributed by atoms with Gasteiger partial charge in [0.05, 0.1) is 23.8 Å². The second-order valence-corrected chi connectivity index (χ2v) is 17.8. The molecule has 0 radical (unpaired) electrons. The van der Waals surface area contributed by atoms with E-state index in [0.717, 1.165) is 43.9 Å². The lowest BCUT2D eigenvalue weighted by molar-refractivity contribution is 1.24. The maximum Gasteiger partial charge on any atom is 0.101 e. The number of thiophene rings is 4. The van der Waals surface area contributed by atoms with Gasteiger partial charge in [0.1, 0.15) is 10.0 Å². The van der Waals surface area contributed by atoms with Gasteiger partial charge in [0, 0.05) is 53.0 Å². The molecular weight excluding hydrogens is 785 g/mol. The number of benzene rings is 4. The first-order valence-electron chi connectivity index (χ1n) is 18.9. The van der Waals surface area contributed by atoms with E-state index in [-0.39, 0.29) is 0 Å². The van der Waals surface area contributed by atoms with Gasteiger partial charge in [-0.05, 0) is 119 Å². The molecule has 6 aromatic heterocycles. The molecule has 0 atom stereocenters. The molecule has 0 bridgehead atoms. The monoisotopic (exact) mass is 818 g/mol. The van der Waals surface area contributed by atoms with Gasteiger partial charge in [-0.15, -0.1) is 45.3 Å². The van der Waals surface area contributed by atoms with E-state index in [4.69, 9.17) is 0 Å². The summed E-state index contributed by atoms with van der Waals surface area (Å²) in [5, 5.41) is 2.27. The minimum absolute atomic E-state index is 1.02. The van der Waals surface area contributed by atoms with Crippen LogP contribution in [0.2, 0.25) is 0 Å². The second kappa shape index (κ2) is 16.2. The first-order chi connectivity index (χ1) is 28.7. The Balaban J connectivity index is 0.916. The summed E-state index contributed by atoms with van der Waals surface area (Å²) >= 11 is 7.25. The minimum atomic E-state index is 1.02. The molecule has 4 aromatic carbocycles. The van der Waals surface area contributed by atoms with Gasteiger partial charge in [0.25, 0.3) is 0 Å². The molecule has 10 aromatic rings. The molecule has 6 heterocycles. The van der Waals surface area contributed by atoms with Gasteiger partial charge in [-0.1, -0.05) is 84.9 Å².